The van der Waals surface area contributed by atoms with Crippen molar-refractivity contribution in [2.75, 3.05) is 13.1 Å². The Labute approximate surface area is 130 Å². The van der Waals surface area contributed by atoms with Crippen LogP contribution in [0.5, 0.6) is 0 Å². The van der Waals surface area contributed by atoms with Crippen LogP contribution in [0, 0.1) is 5.41 Å². The maximum absolute atomic E-state index is 12.4. The maximum atomic E-state index is 12.4. The number of carbonyl (C=O) groups excluding carboxylic acids is 2. The summed E-state index contributed by atoms with van der Waals surface area (Å²) in [4.78, 5) is 29.0. The first-order valence-corrected chi connectivity index (χ1v) is 6.62. The summed E-state index contributed by atoms with van der Waals surface area (Å²) in [5.41, 5.74) is 11.7. The van der Waals surface area contributed by atoms with Gasteiger partial charge in [-0.15, -0.1) is 12.4 Å². The molecule has 1 aliphatic heterocycles. The second-order valence-electron chi connectivity index (χ2n) is 5.91. The third-order valence-electron chi connectivity index (χ3n) is 3.86. The van der Waals surface area contributed by atoms with Crippen molar-refractivity contribution < 1.29 is 9.59 Å². The fourth-order valence-corrected chi connectivity index (χ4v) is 2.40. The molecule has 6 nitrogen and oxygen atoms in total. The molecule has 1 saturated heterocycles. The van der Waals surface area contributed by atoms with Gasteiger partial charge in [-0.25, -0.2) is 0 Å². The number of likely N-dealkylation sites (tertiary alicyclic amines) is 1. The first-order chi connectivity index (χ1) is 9.31. The van der Waals surface area contributed by atoms with Gasteiger partial charge in [0.05, 0.1) is 5.56 Å². The van der Waals surface area contributed by atoms with Crippen molar-refractivity contribution in [1.82, 2.24) is 9.88 Å². The van der Waals surface area contributed by atoms with E-state index < -0.39 is 5.91 Å². The molecule has 0 bridgehead atoms. The Balaban J connectivity index is 0.00000220. The average Bonchev–Trinajstić information content (AvgIpc) is 2.41. The molecule has 1 fully saturated rings. The van der Waals surface area contributed by atoms with Crippen LogP contribution in [0.15, 0.2) is 18.3 Å². The van der Waals surface area contributed by atoms with Crippen molar-refractivity contribution in [3.8, 4) is 0 Å². The number of rotatable bonds is 2. The third-order valence-corrected chi connectivity index (χ3v) is 3.86. The smallest absolute Gasteiger partial charge is 0.267 e. The molecule has 1 aromatic rings. The lowest BCUT2D eigenvalue weighted by Gasteiger charge is -2.42. The maximum Gasteiger partial charge on any atom is 0.267 e. The number of carbonyl (C=O) groups is 2. The van der Waals surface area contributed by atoms with Crippen LogP contribution in [0.25, 0.3) is 0 Å². The number of aromatic nitrogens is 1. The van der Waals surface area contributed by atoms with Gasteiger partial charge in [0.1, 0.15) is 5.69 Å². The van der Waals surface area contributed by atoms with Crippen LogP contribution >= 0.6 is 12.4 Å². The molecule has 1 atom stereocenters. The Morgan fingerprint density at radius 2 is 2.05 bits per heavy atom. The molecule has 0 saturated carbocycles. The van der Waals surface area contributed by atoms with Crippen molar-refractivity contribution in [3.63, 3.8) is 0 Å². The number of amides is 2. The molecule has 0 aliphatic carbocycles. The number of hydrogen-bond donors (Lipinski definition) is 2. The zero-order chi connectivity index (χ0) is 14.9. The molecule has 2 amide bonds. The summed E-state index contributed by atoms with van der Waals surface area (Å²) in [5.74, 6) is -0.692. The summed E-state index contributed by atoms with van der Waals surface area (Å²) in [6.45, 7) is 5.38. The molecule has 1 aliphatic rings. The van der Waals surface area contributed by atoms with Crippen LogP contribution in [0.1, 0.15) is 41.1 Å². The lowest BCUT2D eigenvalue weighted by Crippen LogP contribution is -2.54. The Morgan fingerprint density at radius 3 is 2.52 bits per heavy atom. The van der Waals surface area contributed by atoms with Crippen LogP contribution in [-0.4, -0.2) is 40.8 Å². The molecular formula is C14H21ClN4O2. The molecule has 0 radical (unpaired) electrons. The quantitative estimate of drug-likeness (QED) is 0.843. The van der Waals surface area contributed by atoms with Gasteiger partial charge in [-0.2, -0.15) is 0 Å². The summed E-state index contributed by atoms with van der Waals surface area (Å²) < 4.78 is 0. The third kappa shape index (κ3) is 3.71. The van der Waals surface area contributed by atoms with Crippen molar-refractivity contribution in [2.45, 2.75) is 26.3 Å². The van der Waals surface area contributed by atoms with E-state index in [1.165, 1.54) is 12.3 Å². The summed E-state index contributed by atoms with van der Waals surface area (Å²) in [5, 5.41) is 0. The minimum Gasteiger partial charge on any atom is -0.364 e. The largest absolute Gasteiger partial charge is 0.364 e. The monoisotopic (exact) mass is 312 g/mol. The van der Waals surface area contributed by atoms with Crippen molar-refractivity contribution in [1.29, 1.82) is 0 Å². The van der Waals surface area contributed by atoms with Gasteiger partial charge in [-0.3, -0.25) is 14.6 Å². The molecule has 4 N–H and O–H groups in total. The van der Waals surface area contributed by atoms with Crippen molar-refractivity contribution in [2.24, 2.45) is 16.9 Å². The van der Waals surface area contributed by atoms with Gasteiger partial charge in [-0.05, 0) is 24.0 Å². The highest BCUT2D eigenvalue weighted by atomic mass is 35.5. The molecule has 0 aromatic carbocycles. The first-order valence-electron chi connectivity index (χ1n) is 6.62. The highest BCUT2D eigenvalue weighted by Crippen LogP contribution is 2.28. The van der Waals surface area contributed by atoms with Gasteiger partial charge in [0.15, 0.2) is 0 Å². The molecule has 116 valence electrons. The van der Waals surface area contributed by atoms with Crippen molar-refractivity contribution >= 4 is 24.2 Å². The minimum absolute atomic E-state index is 0. The van der Waals surface area contributed by atoms with E-state index in [-0.39, 0.29) is 35.5 Å². The zero-order valence-electron chi connectivity index (χ0n) is 12.2. The number of hydrogen-bond acceptors (Lipinski definition) is 4. The van der Waals surface area contributed by atoms with E-state index in [2.05, 4.69) is 18.8 Å². The molecule has 1 unspecified atom stereocenters. The normalized spacial score (nSPS) is 20.5. The molecule has 21 heavy (non-hydrogen) atoms. The standard InChI is InChI=1S/C14H20N4O2.ClH/c1-14(2)8-18(6-5-11(14)15)13(20)9-3-4-10(12(16)19)17-7-9;/h3-4,7,11H,5-6,8,15H2,1-2H3,(H2,16,19);1H. The van der Waals surface area contributed by atoms with E-state index in [0.717, 1.165) is 6.42 Å². The van der Waals surface area contributed by atoms with Gasteiger partial charge in [0.25, 0.3) is 11.8 Å². The Bertz CT molecular complexity index is 530. The van der Waals surface area contributed by atoms with E-state index >= 15 is 0 Å². The van der Waals surface area contributed by atoms with E-state index in [1.54, 1.807) is 11.0 Å². The molecule has 2 rings (SSSR count). The van der Waals surface area contributed by atoms with Gasteiger partial charge >= 0.3 is 0 Å². The molecule has 1 aromatic heterocycles. The minimum atomic E-state index is -0.603. The highest BCUT2D eigenvalue weighted by molar-refractivity contribution is 5.95. The predicted octanol–water partition coefficient (Wildman–Crippen LogP) is 0.802. The second-order valence-corrected chi connectivity index (χ2v) is 5.91. The lowest BCUT2D eigenvalue weighted by molar-refractivity contribution is 0.0532. The van der Waals surface area contributed by atoms with Crippen LogP contribution < -0.4 is 11.5 Å². The lowest BCUT2D eigenvalue weighted by atomic mass is 9.79. The highest BCUT2D eigenvalue weighted by Gasteiger charge is 2.35. The first kappa shape index (κ1) is 17.4. The number of nitrogens with zero attached hydrogens (tertiary/aromatic N) is 2. The summed E-state index contributed by atoms with van der Waals surface area (Å²) >= 11 is 0. The SMILES string of the molecule is CC1(C)CN(C(=O)c2ccc(C(N)=O)nc2)CCC1N.Cl. The van der Waals surface area contributed by atoms with E-state index in [1.807, 2.05) is 0 Å². The van der Waals surface area contributed by atoms with Gasteiger partial charge in [0.2, 0.25) is 0 Å². The Morgan fingerprint density at radius 1 is 1.38 bits per heavy atom. The van der Waals surface area contributed by atoms with E-state index in [4.69, 9.17) is 11.5 Å². The molecule has 0 spiro atoms. The predicted molar refractivity (Wildman–Crippen MR) is 82.3 cm³/mol. The number of nitrogens with two attached hydrogens (primary N) is 2. The molecular weight excluding hydrogens is 292 g/mol. The number of halogens is 1. The number of primary amides is 1. The van der Waals surface area contributed by atoms with Crippen LogP contribution in [0.3, 0.4) is 0 Å². The van der Waals surface area contributed by atoms with Gasteiger partial charge in [0, 0.05) is 25.3 Å². The molecule has 7 heteroatoms. The Kier molecular flexibility index (Phi) is 5.31. The van der Waals surface area contributed by atoms with E-state index in [0.29, 0.717) is 18.7 Å². The summed E-state index contributed by atoms with van der Waals surface area (Å²) in [6.07, 6.45) is 2.18. The summed E-state index contributed by atoms with van der Waals surface area (Å²) in [6, 6.07) is 3.15. The number of piperidine rings is 1. The number of pyridine rings is 1. The second kappa shape index (κ2) is 6.41. The topological polar surface area (TPSA) is 102 Å². The van der Waals surface area contributed by atoms with Crippen LogP contribution in [0.2, 0.25) is 0 Å². The average molecular weight is 313 g/mol. The van der Waals surface area contributed by atoms with Crippen LogP contribution in [0.4, 0.5) is 0 Å². The van der Waals surface area contributed by atoms with Gasteiger partial charge in [-0.1, -0.05) is 13.8 Å². The summed E-state index contributed by atoms with van der Waals surface area (Å²) in [7, 11) is 0. The van der Waals surface area contributed by atoms with E-state index in [9.17, 15) is 9.59 Å². The Hall–Kier alpha value is -1.66. The zero-order valence-corrected chi connectivity index (χ0v) is 13.0. The van der Waals surface area contributed by atoms with Gasteiger partial charge < -0.3 is 16.4 Å². The fourth-order valence-electron chi connectivity index (χ4n) is 2.40. The van der Waals surface area contributed by atoms with Crippen molar-refractivity contribution in [3.05, 3.63) is 29.6 Å². The fraction of sp³-hybridized carbons (Fsp3) is 0.500. The van der Waals surface area contributed by atoms with Crippen LogP contribution in [-0.2, 0) is 0 Å². The molecule has 2 heterocycles.